The van der Waals surface area contributed by atoms with Gasteiger partial charge in [0.25, 0.3) is 0 Å². The third-order valence-corrected chi connectivity index (χ3v) is 3.64. The number of rotatable bonds is 4. The molecular formula is C15H17ClN2O. The number of nitrogens with one attached hydrogen (secondary N) is 2. The van der Waals surface area contributed by atoms with Crippen LogP contribution in [0.1, 0.15) is 16.7 Å². The number of aryl methyl sites for hydroxylation is 1. The van der Waals surface area contributed by atoms with E-state index in [9.17, 15) is 5.11 Å². The summed E-state index contributed by atoms with van der Waals surface area (Å²) in [5, 5.41) is 10.7. The highest BCUT2D eigenvalue weighted by molar-refractivity contribution is 6.32. The predicted octanol–water partition coefficient (Wildman–Crippen LogP) is 3.78. The number of aromatic hydroxyl groups is 1. The molecule has 2 rings (SSSR count). The molecule has 4 heteroatoms. The van der Waals surface area contributed by atoms with Crippen LogP contribution in [0.15, 0.2) is 36.4 Å². The highest BCUT2D eigenvalue weighted by atomic mass is 35.5. The number of hydrazine groups is 1. The van der Waals surface area contributed by atoms with Gasteiger partial charge in [-0.25, -0.2) is 5.43 Å². The molecule has 0 amide bonds. The van der Waals surface area contributed by atoms with Gasteiger partial charge in [0.1, 0.15) is 5.75 Å². The van der Waals surface area contributed by atoms with Crippen molar-refractivity contribution in [3.63, 3.8) is 0 Å². The number of halogens is 1. The number of hydrogen-bond donors (Lipinski definition) is 3. The molecule has 0 aliphatic carbocycles. The molecule has 0 radical (unpaired) electrons. The summed E-state index contributed by atoms with van der Waals surface area (Å²) in [6.45, 7) is 4.29. The molecule has 0 spiro atoms. The second-order valence-electron chi connectivity index (χ2n) is 4.47. The van der Waals surface area contributed by atoms with Gasteiger partial charge in [0.05, 0.1) is 0 Å². The number of anilines is 1. The predicted molar refractivity (Wildman–Crippen MR) is 79.5 cm³/mol. The van der Waals surface area contributed by atoms with Crippen molar-refractivity contribution >= 4 is 17.3 Å². The Balaban J connectivity index is 2.06. The molecule has 0 saturated carbocycles. The topological polar surface area (TPSA) is 44.3 Å². The summed E-state index contributed by atoms with van der Waals surface area (Å²) in [5.74, 6) is 0.266. The average Bonchev–Trinajstić information content (AvgIpc) is 2.41. The van der Waals surface area contributed by atoms with Crippen molar-refractivity contribution in [3.8, 4) is 5.75 Å². The van der Waals surface area contributed by atoms with E-state index in [1.165, 1.54) is 0 Å². The van der Waals surface area contributed by atoms with E-state index >= 15 is 0 Å². The molecular weight excluding hydrogens is 260 g/mol. The van der Waals surface area contributed by atoms with Crippen LogP contribution in [0.5, 0.6) is 5.75 Å². The Labute approximate surface area is 118 Å². The number of benzene rings is 2. The fraction of sp³-hybridized carbons (Fsp3) is 0.200. The first kappa shape index (κ1) is 13.7. The van der Waals surface area contributed by atoms with Gasteiger partial charge in [-0.2, -0.15) is 0 Å². The van der Waals surface area contributed by atoms with Gasteiger partial charge in [-0.1, -0.05) is 29.8 Å². The summed E-state index contributed by atoms with van der Waals surface area (Å²) in [6.07, 6.45) is 0. The third kappa shape index (κ3) is 3.19. The fourth-order valence-corrected chi connectivity index (χ4v) is 2.12. The molecule has 3 nitrogen and oxygen atoms in total. The number of para-hydroxylation sites is 1. The highest BCUT2D eigenvalue weighted by Gasteiger charge is 2.10. The summed E-state index contributed by atoms with van der Waals surface area (Å²) in [5.41, 5.74) is 9.72. The van der Waals surface area contributed by atoms with E-state index in [4.69, 9.17) is 11.6 Å². The standard InChI is InChI=1S/C15H17ClN2O/c1-10-8-14(19)13(11(2)15(10)16)9-17-18-12-6-4-3-5-7-12/h3-8,17-19H,9H2,1-2H3. The molecule has 0 saturated heterocycles. The van der Waals surface area contributed by atoms with Crippen molar-refractivity contribution in [1.29, 1.82) is 0 Å². The quantitative estimate of drug-likeness (QED) is 0.745. The maximum absolute atomic E-state index is 9.97. The zero-order chi connectivity index (χ0) is 13.8. The molecule has 2 aromatic rings. The lowest BCUT2D eigenvalue weighted by Gasteiger charge is -2.14. The molecule has 0 heterocycles. The van der Waals surface area contributed by atoms with E-state index in [2.05, 4.69) is 10.9 Å². The summed E-state index contributed by atoms with van der Waals surface area (Å²) in [4.78, 5) is 0. The molecule has 0 unspecified atom stereocenters. The molecule has 100 valence electrons. The summed E-state index contributed by atoms with van der Waals surface area (Å²) in [6, 6.07) is 11.5. The SMILES string of the molecule is Cc1cc(O)c(CNNc2ccccc2)c(C)c1Cl. The minimum atomic E-state index is 0.266. The lowest BCUT2D eigenvalue weighted by molar-refractivity contribution is 0.465. The van der Waals surface area contributed by atoms with Crippen molar-refractivity contribution < 1.29 is 5.11 Å². The van der Waals surface area contributed by atoms with E-state index in [1.807, 2.05) is 44.2 Å². The Morgan fingerprint density at radius 1 is 1.16 bits per heavy atom. The van der Waals surface area contributed by atoms with Gasteiger partial charge in [0, 0.05) is 22.8 Å². The van der Waals surface area contributed by atoms with Crippen LogP contribution in [-0.4, -0.2) is 5.11 Å². The zero-order valence-corrected chi connectivity index (χ0v) is 11.8. The Hall–Kier alpha value is -1.71. The number of hydrogen-bond acceptors (Lipinski definition) is 3. The third-order valence-electron chi connectivity index (χ3n) is 3.06. The molecule has 19 heavy (non-hydrogen) atoms. The molecule has 0 aliphatic heterocycles. The second kappa shape index (κ2) is 5.95. The van der Waals surface area contributed by atoms with Gasteiger partial charge < -0.3 is 10.5 Å². The molecule has 0 aromatic heterocycles. The van der Waals surface area contributed by atoms with Crippen LogP contribution in [0, 0.1) is 13.8 Å². The zero-order valence-electron chi connectivity index (χ0n) is 11.0. The minimum absolute atomic E-state index is 0.266. The van der Waals surface area contributed by atoms with Gasteiger partial charge in [0.2, 0.25) is 0 Å². The average molecular weight is 277 g/mol. The van der Waals surface area contributed by atoms with E-state index in [1.54, 1.807) is 6.07 Å². The van der Waals surface area contributed by atoms with Crippen LogP contribution in [0.2, 0.25) is 5.02 Å². The fourth-order valence-electron chi connectivity index (χ4n) is 1.96. The van der Waals surface area contributed by atoms with Crippen molar-refractivity contribution in [2.45, 2.75) is 20.4 Å². The monoisotopic (exact) mass is 276 g/mol. The number of phenolic OH excluding ortho intramolecular Hbond substituents is 1. The molecule has 0 fully saturated rings. The molecule has 0 bridgehead atoms. The van der Waals surface area contributed by atoms with Gasteiger partial charge in [-0.15, -0.1) is 0 Å². The normalized spacial score (nSPS) is 10.5. The Morgan fingerprint density at radius 2 is 1.84 bits per heavy atom. The van der Waals surface area contributed by atoms with Gasteiger partial charge in [-0.05, 0) is 43.2 Å². The number of phenols is 1. The van der Waals surface area contributed by atoms with Crippen LogP contribution < -0.4 is 10.9 Å². The van der Waals surface area contributed by atoms with Crippen LogP contribution in [0.3, 0.4) is 0 Å². The van der Waals surface area contributed by atoms with Crippen molar-refractivity contribution in [1.82, 2.24) is 5.43 Å². The lowest BCUT2D eigenvalue weighted by Crippen LogP contribution is -2.21. The highest BCUT2D eigenvalue weighted by Crippen LogP contribution is 2.30. The Kier molecular flexibility index (Phi) is 4.30. The van der Waals surface area contributed by atoms with E-state index in [-0.39, 0.29) is 5.75 Å². The van der Waals surface area contributed by atoms with Gasteiger partial charge in [-0.3, -0.25) is 0 Å². The smallest absolute Gasteiger partial charge is 0.120 e. The first-order valence-corrected chi connectivity index (χ1v) is 6.49. The molecule has 2 aromatic carbocycles. The van der Waals surface area contributed by atoms with E-state index < -0.39 is 0 Å². The van der Waals surface area contributed by atoms with Crippen LogP contribution >= 0.6 is 11.6 Å². The molecule has 0 atom stereocenters. The minimum Gasteiger partial charge on any atom is -0.508 e. The summed E-state index contributed by atoms with van der Waals surface area (Å²) < 4.78 is 0. The lowest BCUT2D eigenvalue weighted by atomic mass is 10.0. The first-order valence-electron chi connectivity index (χ1n) is 6.11. The maximum atomic E-state index is 9.97. The summed E-state index contributed by atoms with van der Waals surface area (Å²) >= 11 is 6.19. The summed E-state index contributed by atoms with van der Waals surface area (Å²) in [7, 11) is 0. The second-order valence-corrected chi connectivity index (χ2v) is 4.85. The first-order chi connectivity index (χ1) is 9.09. The van der Waals surface area contributed by atoms with Crippen LogP contribution in [-0.2, 0) is 6.54 Å². The van der Waals surface area contributed by atoms with Gasteiger partial charge >= 0.3 is 0 Å². The van der Waals surface area contributed by atoms with Gasteiger partial charge in [0.15, 0.2) is 0 Å². The van der Waals surface area contributed by atoms with E-state index in [0.29, 0.717) is 11.6 Å². The Bertz CT molecular complexity index is 570. The molecule has 3 N–H and O–H groups in total. The van der Waals surface area contributed by atoms with Crippen molar-refractivity contribution in [2.24, 2.45) is 0 Å². The van der Waals surface area contributed by atoms with E-state index in [0.717, 1.165) is 22.4 Å². The largest absolute Gasteiger partial charge is 0.508 e. The van der Waals surface area contributed by atoms with Crippen LogP contribution in [0.4, 0.5) is 5.69 Å². The van der Waals surface area contributed by atoms with Crippen molar-refractivity contribution in [2.75, 3.05) is 5.43 Å². The maximum Gasteiger partial charge on any atom is 0.120 e. The Morgan fingerprint density at radius 3 is 2.53 bits per heavy atom. The van der Waals surface area contributed by atoms with Crippen molar-refractivity contribution in [3.05, 3.63) is 58.1 Å². The van der Waals surface area contributed by atoms with Crippen LogP contribution in [0.25, 0.3) is 0 Å². The molecule has 0 aliphatic rings.